The summed E-state index contributed by atoms with van der Waals surface area (Å²) in [5.41, 5.74) is 1.89. The normalized spacial score (nSPS) is 21.4. The van der Waals surface area contributed by atoms with Crippen molar-refractivity contribution < 1.29 is 5.11 Å². The summed E-state index contributed by atoms with van der Waals surface area (Å²) in [5, 5.41) is 9.52. The fraction of sp³-hybridized carbons (Fsp3) is 0.692. The Hall–Kier alpha value is -1.16. The van der Waals surface area contributed by atoms with Crippen LogP contribution in [0.4, 0.5) is 5.82 Å². The van der Waals surface area contributed by atoms with Gasteiger partial charge in [-0.1, -0.05) is 12.8 Å². The molecule has 2 rings (SSSR count). The molecule has 0 saturated carbocycles. The van der Waals surface area contributed by atoms with Gasteiger partial charge < -0.3 is 10.0 Å². The standard InChI is InChI=1S/C13H21N3O/c1-10-8-14-11(2)13(15-10)16-7-5-3-4-6-12(16)9-17/h8,12,17H,3-7,9H2,1-2H3. The molecule has 0 amide bonds. The Morgan fingerprint density at radius 2 is 2.18 bits per heavy atom. The van der Waals surface area contributed by atoms with Gasteiger partial charge in [0.1, 0.15) is 0 Å². The van der Waals surface area contributed by atoms with Crippen LogP contribution >= 0.6 is 0 Å². The van der Waals surface area contributed by atoms with Crippen molar-refractivity contribution in [1.29, 1.82) is 0 Å². The summed E-state index contributed by atoms with van der Waals surface area (Å²) in [6.07, 6.45) is 6.45. The molecule has 1 fully saturated rings. The lowest BCUT2D eigenvalue weighted by Crippen LogP contribution is -2.38. The zero-order valence-electron chi connectivity index (χ0n) is 10.7. The molecule has 0 radical (unpaired) electrons. The molecule has 1 atom stereocenters. The van der Waals surface area contributed by atoms with Crippen molar-refractivity contribution in [1.82, 2.24) is 9.97 Å². The van der Waals surface area contributed by atoms with E-state index in [0.717, 1.165) is 30.2 Å². The van der Waals surface area contributed by atoms with Crippen LogP contribution in [0, 0.1) is 13.8 Å². The van der Waals surface area contributed by atoms with Crippen molar-refractivity contribution in [2.45, 2.75) is 45.6 Å². The van der Waals surface area contributed by atoms with Crippen LogP contribution in [0.25, 0.3) is 0 Å². The first-order valence-electron chi connectivity index (χ1n) is 6.40. The molecule has 94 valence electrons. The Morgan fingerprint density at radius 1 is 1.35 bits per heavy atom. The summed E-state index contributed by atoms with van der Waals surface area (Å²) in [6, 6.07) is 0.201. The monoisotopic (exact) mass is 235 g/mol. The van der Waals surface area contributed by atoms with Crippen molar-refractivity contribution >= 4 is 5.82 Å². The third-order valence-electron chi connectivity index (χ3n) is 3.41. The molecule has 4 nitrogen and oxygen atoms in total. The first-order valence-corrected chi connectivity index (χ1v) is 6.40. The molecule has 4 heteroatoms. The maximum atomic E-state index is 9.52. The van der Waals surface area contributed by atoms with Gasteiger partial charge in [0.05, 0.1) is 24.0 Å². The minimum absolute atomic E-state index is 0.201. The highest BCUT2D eigenvalue weighted by Gasteiger charge is 2.23. The van der Waals surface area contributed by atoms with Crippen LogP contribution in [0.5, 0.6) is 0 Å². The summed E-state index contributed by atoms with van der Waals surface area (Å²) in [4.78, 5) is 11.2. The summed E-state index contributed by atoms with van der Waals surface area (Å²) in [5.74, 6) is 0.950. The van der Waals surface area contributed by atoms with Crippen molar-refractivity contribution in [3.63, 3.8) is 0 Å². The zero-order valence-corrected chi connectivity index (χ0v) is 10.7. The van der Waals surface area contributed by atoms with Gasteiger partial charge in [0.15, 0.2) is 5.82 Å². The van der Waals surface area contributed by atoms with E-state index < -0.39 is 0 Å². The van der Waals surface area contributed by atoms with E-state index in [1.807, 2.05) is 13.8 Å². The van der Waals surface area contributed by atoms with E-state index in [1.54, 1.807) is 6.20 Å². The van der Waals surface area contributed by atoms with E-state index in [2.05, 4.69) is 14.9 Å². The molecule has 1 unspecified atom stereocenters. The van der Waals surface area contributed by atoms with Crippen LogP contribution in [-0.2, 0) is 0 Å². The summed E-state index contributed by atoms with van der Waals surface area (Å²) in [6.45, 7) is 5.13. The molecule has 1 aliphatic rings. The van der Waals surface area contributed by atoms with Gasteiger partial charge in [0, 0.05) is 12.7 Å². The fourth-order valence-corrected chi connectivity index (χ4v) is 2.44. The van der Waals surface area contributed by atoms with Gasteiger partial charge in [-0.2, -0.15) is 0 Å². The number of aliphatic hydroxyl groups excluding tert-OH is 1. The van der Waals surface area contributed by atoms with E-state index in [0.29, 0.717) is 0 Å². The first-order chi connectivity index (χ1) is 8.22. The van der Waals surface area contributed by atoms with Crippen molar-refractivity contribution in [3.05, 3.63) is 17.6 Å². The Morgan fingerprint density at radius 3 is 2.94 bits per heavy atom. The lowest BCUT2D eigenvalue weighted by atomic mass is 10.1. The third kappa shape index (κ3) is 2.75. The van der Waals surface area contributed by atoms with Crippen molar-refractivity contribution in [2.75, 3.05) is 18.1 Å². The highest BCUT2D eigenvalue weighted by Crippen LogP contribution is 2.24. The third-order valence-corrected chi connectivity index (χ3v) is 3.41. The Bertz CT molecular complexity index is 381. The number of aromatic nitrogens is 2. The van der Waals surface area contributed by atoms with E-state index in [-0.39, 0.29) is 12.6 Å². The second-order valence-corrected chi connectivity index (χ2v) is 4.80. The molecule has 1 aromatic rings. The van der Waals surface area contributed by atoms with Crippen LogP contribution in [-0.4, -0.2) is 34.3 Å². The van der Waals surface area contributed by atoms with Crippen LogP contribution < -0.4 is 4.90 Å². The number of aliphatic hydroxyl groups is 1. The summed E-state index contributed by atoms with van der Waals surface area (Å²) < 4.78 is 0. The predicted octanol–water partition coefficient (Wildman–Crippen LogP) is 1.83. The number of nitrogens with zero attached hydrogens (tertiary/aromatic N) is 3. The number of rotatable bonds is 2. The molecular formula is C13H21N3O. The maximum absolute atomic E-state index is 9.52. The zero-order chi connectivity index (χ0) is 12.3. The topological polar surface area (TPSA) is 49.2 Å². The average molecular weight is 235 g/mol. The van der Waals surface area contributed by atoms with Crippen LogP contribution in [0.3, 0.4) is 0 Å². The van der Waals surface area contributed by atoms with Crippen LogP contribution in [0.15, 0.2) is 6.20 Å². The first kappa shape index (κ1) is 12.3. The number of hydrogen-bond acceptors (Lipinski definition) is 4. The second-order valence-electron chi connectivity index (χ2n) is 4.80. The molecule has 1 N–H and O–H groups in total. The van der Waals surface area contributed by atoms with Gasteiger partial charge in [-0.15, -0.1) is 0 Å². The SMILES string of the molecule is Cc1cnc(C)c(N2CCCCCC2CO)n1. The van der Waals surface area contributed by atoms with Crippen LogP contribution in [0.1, 0.15) is 37.1 Å². The molecular weight excluding hydrogens is 214 g/mol. The molecule has 1 aliphatic heterocycles. The lowest BCUT2D eigenvalue weighted by molar-refractivity contribution is 0.254. The summed E-state index contributed by atoms with van der Waals surface area (Å²) >= 11 is 0. The molecule has 17 heavy (non-hydrogen) atoms. The van der Waals surface area contributed by atoms with Gasteiger partial charge in [0.2, 0.25) is 0 Å². The molecule has 0 spiro atoms. The van der Waals surface area contributed by atoms with Gasteiger partial charge >= 0.3 is 0 Å². The second kappa shape index (κ2) is 5.45. The smallest absolute Gasteiger partial charge is 0.150 e. The van der Waals surface area contributed by atoms with E-state index in [1.165, 1.54) is 19.3 Å². The molecule has 1 saturated heterocycles. The lowest BCUT2D eigenvalue weighted by Gasteiger charge is -2.30. The Labute approximate surface area is 103 Å². The van der Waals surface area contributed by atoms with E-state index in [9.17, 15) is 5.11 Å². The number of anilines is 1. The highest BCUT2D eigenvalue weighted by atomic mass is 16.3. The Balaban J connectivity index is 2.31. The number of aryl methyl sites for hydroxylation is 2. The van der Waals surface area contributed by atoms with Gasteiger partial charge in [-0.3, -0.25) is 4.98 Å². The average Bonchev–Trinajstić information content (AvgIpc) is 2.57. The molecule has 0 bridgehead atoms. The fourth-order valence-electron chi connectivity index (χ4n) is 2.44. The van der Waals surface area contributed by atoms with Crippen molar-refractivity contribution in [2.24, 2.45) is 0 Å². The minimum atomic E-state index is 0.201. The minimum Gasteiger partial charge on any atom is -0.394 e. The largest absolute Gasteiger partial charge is 0.394 e. The van der Waals surface area contributed by atoms with Crippen molar-refractivity contribution in [3.8, 4) is 0 Å². The predicted molar refractivity (Wildman–Crippen MR) is 68.2 cm³/mol. The van der Waals surface area contributed by atoms with Gasteiger partial charge in [0.25, 0.3) is 0 Å². The quantitative estimate of drug-likeness (QED) is 0.849. The Kier molecular flexibility index (Phi) is 3.94. The molecule has 2 heterocycles. The molecule has 0 aliphatic carbocycles. The maximum Gasteiger partial charge on any atom is 0.150 e. The number of hydrogen-bond donors (Lipinski definition) is 1. The van der Waals surface area contributed by atoms with E-state index in [4.69, 9.17) is 0 Å². The van der Waals surface area contributed by atoms with Gasteiger partial charge in [-0.25, -0.2) is 4.98 Å². The molecule has 1 aromatic heterocycles. The van der Waals surface area contributed by atoms with Gasteiger partial charge in [-0.05, 0) is 26.7 Å². The molecule has 0 aromatic carbocycles. The van der Waals surface area contributed by atoms with E-state index >= 15 is 0 Å². The summed E-state index contributed by atoms with van der Waals surface area (Å²) in [7, 11) is 0. The highest BCUT2D eigenvalue weighted by molar-refractivity contribution is 5.44. The van der Waals surface area contributed by atoms with Crippen LogP contribution in [0.2, 0.25) is 0 Å².